The SMILES string of the molecule is CC(Nc1ncc(C(=O)c2cccc(C#N)c2)s1)c1cccnc1. The van der Waals surface area contributed by atoms with Crippen molar-refractivity contribution in [3.8, 4) is 6.07 Å². The summed E-state index contributed by atoms with van der Waals surface area (Å²) in [6.45, 7) is 2.01. The first kappa shape index (κ1) is 15.8. The second-order valence-corrected chi connectivity index (χ2v) is 6.23. The fraction of sp³-hybridized carbons (Fsp3) is 0.111. The van der Waals surface area contributed by atoms with Gasteiger partial charge in [-0.2, -0.15) is 5.26 Å². The second-order valence-electron chi connectivity index (χ2n) is 5.20. The average Bonchev–Trinajstić information content (AvgIpc) is 3.10. The van der Waals surface area contributed by atoms with E-state index >= 15 is 0 Å². The summed E-state index contributed by atoms with van der Waals surface area (Å²) >= 11 is 1.30. The van der Waals surface area contributed by atoms with E-state index in [1.165, 1.54) is 11.3 Å². The number of aromatic nitrogens is 2. The van der Waals surface area contributed by atoms with E-state index in [4.69, 9.17) is 5.26 Å². The van der Waals surface area contributed by atoms with E-state index in [-0.39, 0.29) is 11.8 Å². The van der Waals surface area contributed by atoms with Gasteiger partial charge in [0.1, 0.15) is 0 Å². The van der Waals surface area contributed by atoms with Gasteiger partial charge >= 0.3 is 0 Å². The number of thiazole rings is 1. The number of rotatable bonds is 5. The third kappa shape index (κ3) is 3.47. The maximum Gasteiger partial charge on any atom is 0.204 e. The first-order valence-electron chi connectivity index (χ1n) is 7.34. The minimum absolute atomic E-state index is 0.0368. The van der Waals surface area contributed by atoms with Crippen LogP contribution in [0.5, 0.6) is 0 Å². The molecule has 0 radical (unpaired) electrons. The molecular weight excluding hydrogens is 320 g/mol. The van der Waals surface area contributed by atoms with Gasteiger partial charge in [0.2, 0.25) is 5.78 Å². The zero-order chi connectivity index (χ0) is 16.9. The molecule has 0 aliphatic heterocycles. The lowest BCUT2D eigenvalue weighted by atomic mass is 10.1. The highest BCUT2D eigenvalue weighted by atomic mass is 32.1. The lowest BCUT2D eigenvalue weighted by molar-refractivity contribution is 0.104. The lowest BCUT2D eigenvalue weighted by Gasteiger charge is -2.12. The average molecular weight is 334 g/mol. The Kier molecular flexibility index (Phi) is 4.64. The number of anilines is 1. The number of nitriles is 1. The first-order chi connectivity index (χ1) is 11.7. The molecule has 0 aliphatic carbocycles. The Labute approximate surface area is 143 Å². The molecule has 6 heteroatoms. The topological polar surface area (TPSA) is 78.7 Å². The zero-order valence-electron chi connectivity index (χ0n) is 12.9. The maximum absolute atomic E-state index is 12.5. The van der Waals surface area contributed by atoms with Gasteiger partial charge in [0.25, 0.3) is 0 Å². The Bertz CT molecular complexity index is 899. The van der Waals surface area contributed by atoms with Gasteiger partial charge in [-0.25, -0.2) is 4.98 Å². The number of nitrogens with one attached hydrogen (secondary N) is 1. The standard InChI is InChI=1S/C18H14N4OS/c1-12(15-6-3-7-20-10-15)22-18-21-11-16(24-18)17(23)14-5-2-4-13(8-14)9-19/h2-8,10-12H,1H3,(H,21,22). The molecule has 2 aromatic heterocycles. The Balaban J connectivity index is 1.75. The molecule has 0 bridgehead atoms. The second kappa shape index (κ2) is 7.02. The summed E-state index contributed by atoms with van der Waals surface area (Å²) in [6.07, 6.45) is 5.08. The minimum atomic E-state index is -0.133. The van der Waals surface area contributed by atoms with Gasteiger partial charge in [-0.15, -0.1) is 0 Å². The van der Waals surface area contributed by atoms with Gasteiger partial charge < -0.3 is 5.32 Å². The summed E-state index contributed by atoms with van der Waals surface area (Å²) in [5, 5.41) is 12.9. The maximum atomic E-state index is 12.5. The Morgan fingerprint density at radius 1 is 1.29 bits per heavy atom. The van der Waals surface area contributed by atoms with Crippen molar-refractivity contribution in [3.63, 3.8) is 0 Å². The van der Waals surface area contributed by atoms with Crippen molar-refractivity contribution in [1.29, 1.82) is 5.26 Å². The van der Waals surface area contributed by atoms with Crippen LogP contribution in [0.15, 0.2) is 55.0 Å². The number of carbonyl (C=O) groups is 1. The highest BCUT2D eigenvalue weighted by molar-refractivity contribution is 7.17. The van der Waals surface area contributed by atoms with Gasteiger partial charge in [0.05, 0.1) is 28.7 Å². The van der Waals surface area contributed by atoms with Crippen LogP contribution < -0.4 is 5.32 Å². The van der Waals surface area contributed by atoms with Gasteiger partial charge in [-0.05, 0) is 30.7 Å². The van der Waals surface area contributed by atoms with Crippen molar-refractivity contribution in [3.05, 3.63) is 76.6 Å². The van der Waals surface area contributed by atoms with Crippen LogP contribution in [-0.4, -0.2) is 15.8 Å². The van der Waals surface area contributed by atoms with E-state index in [0.29, 0.717) is 21.1 Å². The summed E-state index contributed by atoms with van der Waals surface area (Å²) in [6, 6.07) is 12.6. The van der Waals surface area contributed by atoms with E-state index in [2.05, 4.69) is 15.3 Å². The van der Waals surface area contributed by atoms with Crippen molar-refractivity contribution in [2.24, 2.45) is 0 Å². The van der Waals surface area contributed by atoms with Crippen molar-refractivity contribution in [2.45, 2.75) is 13.0 Å². The van der Waals surface area contributed by atoms with Crippen LogP contribution in [0.25, 0.3) is 0 Å². The highest BCUT2D eigenvalue weighted by Gasteiger charge is 2.15. The normalized spacial score (nSPS) is 11.5. The number of ketones is 1. The van der Waals surface area contributed by atoms with Gasteiger partial charge in [-0.1, -0.05) is 29.5 Å². The number of hydrogen-bond acceptors (Lipinski definition) is 6. The Morgan fingerprint density at radius 3 is 2.92 bits per heavy atom. The summed E-state index contributed by atoms with van der Waals surface area (Å²) in [5.74, 6) is -0.133. The quantitative estimate of drug-likeness (QED) is 0.718. The lowest BCUT2D eigenvalue weighted by Crippen LogP contribution is -2.06. The zero-order valence-corrected chi connectivity index (χ0v) is 13.7. The van der Waals surface area contributed by atoms with Crippen LogP contribution in [0.4, 0.5) is 5.13 Å². The van der Waals surface area contributed by atoms with E-state index in [1.54, 1.807) is 42.9 Å². The van der Waals surface area contributed by atoms with Crippen LogP contribution in [0.2, 0.25) is 0 Å². The van der Waals surface area contributed by atoms with Crippen molar-refractivity contribution in [1.82, 2.24) is 9.97 Å². The molecule has 1 atom stereocenters. The van der Waals surface area contributed by atoms with Gasteiger partial charge in [0, 0.05) is 18.0 Å². The smallest absolute Gasteiger partial charge is 0.204 e. The fourth-order valence-electron chi connectivity index (χ4n) is 2.22. The number of hydrogen-bond donors (Lipinski definition) is 1. The third-order valence-electron chi connectivity index (χ3n) is 3.51. The molecule has 118 valence electrons. The van der Waals surface area contributed by atoms with Crippen LogP contribution in [0.1, 0.15) is 39.3 Å². The summed E-state index contributed by atoms with van der Waals surface area (Å²) in [5.41, 5.74) is 2.00. The van der Waals surface area contributed by atoms with E-state index in [9.17, 15) is 4.79 Å². The summed E-state index contributed by atoms with van der Waals surface area (Å²) < 4.78 is 0. The number of nitrogens with zero attached hydrogens (tertiary/aromatic N) is 3. The molecule has 0 aliphatic rings. The monoisotopic (exact) mass is 334 g/mol. The molecule has 3 rings (SSSR count). The number of pyridine rings is 1. The Hall–Kier alpha value is -3.04. The van der Waals surface area contributed by atoms with Gasteiger partial charge in [0.15, 0.2) is 5.13 Å². The molecule has 0 spiro atoms. The summed E-state index contributed by atoms with van der Waals surface area (Å²) in [7, 11) is 0. The highest BCUT2D eigenvalue weighted by Crippen LogP contribution is 2.25. The fourth-order valence-corrected chi connectivity index (χ4v) is 3.08. The Morgan fingerprint density at radius 2 is 2.17 bits per heavy atom. The number of carbonyl (C=O) groups excluding carboxylic acids is 1. The molecule has 0 saturated carbocycles. The van der Waals surface area contributed by atoms with E-state index in [0.717, 1.165) is 5.56 Å². The molecule has 5 nitrogen and oxygen atoms in total. The molecule has 0 saturated heterocycles. The predicted octanol–water partition coefficient (Wildman–Crippen LogP) is 3.81. The minimum Gasteiger partial charge on any atom is -0.355 e. The van der Waals surface area contributed by atoms with Gasteiger partial charge in [-0.3, -0.25) is 9.78 Å². The summed E-state index contributed by atoms with van der Waals surface area (Å²) in [4.78, 5) is 21.4. The van der Waals surface area contributed by atoms with E-state index < -0.39 is 0 Å². The van der Waals surface area contributed by atoms with Crippen molar-refractivity contribution in [2.75, 3.05) is 5.32 Å². The molecular formula is C18H14N4OS. The molecule has 24 heavy (non-hydrogen) atoms. The van der Waals surface area contributed by atoms with Crippen LogP contribution in [0.3, 0.4) is 0 Å². The first-order valence-corrected chi connectivity index (χ1v) is 8.16. The van der Waals surface area contributed by atoms with Crippen molar-refractivity contribution >= 4 is 22.3 Å². The molecule has 1 unspecified atom stereocenters. The van der Waals surface area contributed by atoms with Crippen LogP contribution in [0, 0.1) is 11.3 Å². The molecule has 0 fully saturated rings. The molecule has 2 heterocycles. The predicted molar refractivity (Wildman–Crippen MR) is 93.0 cm³/mol. The molecule has 1 N–H and O–H groups in total. The van der Waals surface area contributed by atoms with Crippen LogP contribution >= 0.6 is 11.3 Å². The van der Waals surface area contributed by atoms with Crippen molar-refractivity contribution < 1.29 is 4.79 Å². The van der Waals surface area contributed by atoms with E-state index in [1.807, 2.05) is 25.1 Å². The molecule has 1 aromatic carbocycles. The largest absolute Gasteiger partial charge is 0.355 e. The molecule has 3 aromatic rings. The third-order valence-corrected chi connectivity index (χ3v) is 4.44. The molecule has 0 amide bonds. The van der Waals surface area contributed by atoms with Crippen LogP contribution in [-0.2, 0) is 0 Å². The number of benzene rings is 1.